The molecule has 1 heterocycles. The van der Waals surface area contributed by atoms with Gasteiger partial charge in [-0.05, 0) is 104 Å². The van der Waals surface area contributed by atoms with Gasteiger partial charge in [0.15, 0.2) is 0 Å². The predicted molar refractivity (Wildman–Crippen MR) is 122 cm³/mol. The van der Waals surface area contributed by atoms with E-state index < -0.39 is 11.6 Å². The molecule has 32 heavy (non-hydrogen) atoms. The van der Waals surface area contributed by atoms with Crippen molar-refractivity contribution in [2.45, 2.75) is 89.2 Å². The van der Waals surface area contributed by atoms with Gasteiger partial charge in [0.1, 0.15) is 0 Å². The SMILES string of the molecule is C[C@]12CC[C@@H](C(N)C(N)=O)C[C@H]1CC[C@@H]1[C@@H]2CC[C@@]2(C)[C@@H](c3ccc(=O)oc3)CCC12O. The predicted octanol–water partition coefficient (Wildman–Crippen LogP) is 3.31. The second kappa shape index (κ2) is 7.42. The number of fused-ring (bicyclic) bond motifs is 5. The second-order valence-electron chi connectivity index (χ2n) is 11.8. The third kappa shape index (κ3) is 2.98. The molecule has 0 aromatic carbocycles. The van der Waals surface area contributed by atoms with Crippen LogP contribution in [-0.4, -0.2) is 22.7 Å². The summed E-state index contributed by atoms with van der Waals surface area (Å²) in [5, 5.41) is 12.3. The number of carbonyl (C=O) groups excluding carboxylic acids is 1. The highest BCUT2D eigenvalue weighted by Crippen LogP contribution is 2.70. The Kier molecular flexibility index (Phi) is 5.14. The quantitative estimate of drug-likeness (QED) is 0.663. The first-order chi connectivity index (χ1) is 15.1. The average molecular weight is 443 g/mol. The molecule has 6 nitrogen and oxygen atoms in total. The van der Waals surface area contributed by atoms with Crippen LogP contribution in [0.1, 0.15) is 83.1 Å². The number of primary amides is 1. The lowest BCUT2D eigenvalue weighted by Gasteiger charge is -2.64. The van der Waals surface area contributed by atoms with Crippen LogP contribution in [0, 0.1) is 34.5 Å². The molecule has 2 unspecified atom stereocenters. The van der Waals surface area contributed by atoms with E-state index in [1.54, 1.807) is 6.26 Å². The third-order valence-corrected chi connectivity index (χ3v) is 10.9. The minimum absolute atomic E-state index is 0.183. The Bertz CT molecular complexity index is 941. The van der Waals surface area contributed by atoms with Gasteiger partial charge in [-0.25, -0.2) is 4.79 Å². The Morgan fingerprint density at radius 3 is 2.56 bits per heavy atom. The van der Waals surface area contributed by atoms with Crippen LogP contribution in [0.25, 0.3) is 0 Å². The van der Waals surface area contributed by atoms with Crippen LogP contribution < -0.4 is 17.1 Å². The molecule has 1 aromatic rings. The molecular formula is C26H38N2O4. The molecule has 0 radical (unpaired) electrons. The molecule has 6 heteroatoms. The molecule has 0 spiro atoms. The summed E-state index contributed by atoms with van der Waals surface area (Å²) in [7, 11) is 0. The fourth-order valence-electron chi connectivity index (χ4n) is 8.92. The summed E-state index contributed by atoms with van der Waals surface area (Å²) >= 11 is 0. The van der Waals surface area contributed by atoms with Crippen molar-refractivity contribution in [2.75, 3.05) is 0 Å². The van der Waals surface area contributed by atoms with Gasteiger partial charge < -0.3 is 21.0 Å². The van der Waals surface area contributed by atoms with Crippen LogP contribution in [0.4, 0.5) is 0 Å². The molecule has 4 aliphatic rings. The molecule has 0 saturated heterocycles. The normalized spacial score (nSPS) is 46.6. The van der Waals surface area contributed by atoms with Gasteiger partial charge >= 0.3 is 5.63 Å². The van der Waals surface area contributed by atoms with Gasteiger partial charge in [0.25, 0.3) is 0 Å². The maximum atomic E-state index is 12.3. The molecule has 1 amide bonds. The minimum atomic E-state index is -0.689. The van der Waals surface area contributed by atoms with Crippen molar-refractivity contribution in [3.63, 3.8) is 0 Å². The van der Waals surface area contributed by atoms with Crippen molar-refractivity contribution in [2.24, 2.45) is 46.0 Å². The van der Waals surface area contributed by atoms with Crippen LogP contribution >= 0.6 is 0 Å². The second-order valence-corrected chi connectivity index (χ2v) is 11.8. The molecule has 9 atom stereocenters. The summed E-state index contributed by atoms with van der Waals surface area (Å²) in [5.74, 6) is 1.35. The monoisotopic (exact) mass is 442 g/mol. The molecule has 4 fully saturated rings. The smallest absolute Gasteiger partial charge is 0.335 e. The molecule has 5 N–H and O–H groups in total. The number of aliphatic hydroxyl groups is 1. The minimum Gasteiger partial charge on any atom is -0.431 e. The summed E-state index contributed by atoms with van der Waals surface area (Å²) in [6.45, 7) is 4.70. The van der Waals surface area contributed by atoms with E-state index in [-0.39, 0.29) is 34.2 Å². The third-order valence-electron chi connectivity index (χ3n) is 10.9. The number of hydrogen-bond donors (Lipinski definition) is 3. The molecule has 5 rings (SSSR count). The first-order valence-electron chi connectivity index (χ1n) is 12.5. The van der Waals surface area contributed by atoms with E-state index in [1.807, 2.05) is 6.07 Å². The zero-order chi connectivity index (χ0) is 22.9. The van der Waals surface area contributed by atoms with Gasteiger partial charge in [0.05, 0.1) is 17.9 Å². The molecule has 0 bridgehead atoms. The van der Waals surface area contributed by atoms with E-state index in [1.165, 1.54) is 6.07 Å². The van der Waals surface area contributed by atoms with Crippen LogP contribution in [-0.2, 0) is 4.79 Å². The van der Waals surface area contributed by atoms with Crippen LogP contribution in [0.2, 0.25) is 0 Å². The van der Waals surface area contributed by atoms with Gasteiger partial charge in [0.2, 0.25) is 5.91 Å². The van der Waals surface area contributed by atoms with Crippen LogP contribution in [0.5, 0.6) is 0 Å². The van der Waals surface area contributed by atoms with E-state index >= 15 is 0 Å². The van der Waals surface area contributed by atoms with Crippen molar-refractivity contribution in [3.8, 4) is 0 Å². The maximum absolute atomic E-state index is 12.3. The number of hydrogen-bond acceptors (Lipinski definition) is 5. The van der Waals surface area contributed by atoms with Gasteiger partial charge in [0, 0.05) is 11.5 Å². The van der Waals surface area contributed by atoms with E-state index in [9.17, 15) is 14.7 Å². The largest absolute Gasteiger partial charge is 0.431 e. The Labute approximate surface area is 190 Å². The number of rotatable bonds is 3. The highest BCUT2D eigenvalue weighted by molar-refractivity contribution is 5.79. The van der Waals surface area contributed by atoms with Gasteiger partial charge in [-0.15, -0.1) is 0 Å². The fourth-order valence-corrected chi connectivity index (χ4v) is 8.92. The number of carbonyl (C=O) groups is 1. The molecule has 4 aliphatic carbocycles. The highest BCUT2D eigenvalue weighted by atomic mass is 16.4. The lowest BCUT2D eigenvalue weighted by Crippen LogP contribution is -2.62. The lowest BCUT2D eigenvalue weighted by atomic mass is 9.42. The summed E-state index contributed by atoms with van der Waals surface area (Å²) in [4.78, 5) is 23.1. The Hall–Kier alpha value is -1.66. The van der Waals surface area contributed by atoms with Gasteiger partial charge in [-0.1, -0.05) is 13.8 Å². The summed E-state index contributed by atoms with van der Waals surface area (Å²) in [5.41, 5.74) is 11.7. The lowest BCUT2D eigenvalue weighted by molar-refractivity contribution is -0.203. The topological polar surface area (TPSA) is 120 Å². The molecule has 0 aliphatic heterocycles. The summed E-state index contributed by atoms with van der Waals surface area (Å²) in [6.07, 6.45) is 10.6. The fraction of sp³-hybridized carbons (Fsp3) is 0.769. The van der Waals surface area contributed by atoms with Gasteiger partial charge in [-0.2, -0.15) is 0 Å². The van der Waals surface area contributed by atoms with Crippen molar-refractivity contribution in [1.82, 2.24) is 0 Å². The highest BCUT2D eigenvalue weighted by Gasteiger charge is 2.67. The van der Waals surface area contributed by atoms with Crippen LogP contribution in [0.3, 0.4) is 0 Å². The molecule has 4 saturated carbocycles. The first-order valence-corrected chi connectivity index (χ1v) is 12.5. The van der Waals surface area contributed by atoms with Crippen molar-refractivity contribution >= 4 is 5.91 Å². The number of amides is 1. The zero-order valence-corrected chi connectivity index (χ0v) is 19.4. The van der Waals surface area contributed by atoms with Crippen molar-refractivity contribution in [1.29, 1.82) is 0 Å². The van der Waals surface area contributed by atoms with Crippen molar-refractivity contribution in [3.05, 3.63) is 34.4 Å². The Morgan fingerprint density at radius 1 is 1.09 bits per heavy atom. The van der Waals surface area contributed by atoms with E-state index in [2.05, 4.69) is 13.8 Å². The van der Waals surface area contributed by atoms with Gasteiger partial charge in [-0.3, -0.25) is 4.79 Å². The standard InChI is InChI=1S/C26H38N2O4/c1-24-10-7-15(22(27)23(28)30)13-17(24)4-5-20-19(24)8-11-25(2)18(9-12-26(20,25)31)16-3-6-21(29)32-14-16/h3,6,14-15,17-20,22,31H,4-5,7-13,27H2,1-2H3,(H2,28,30)/t15-,17-,18-,19+,20-,22?,24+,25+,26?/m1/s1. The van der Waals surface area contributed by atoms with Crippen LogP contribution in [0.15, 0.2) is 27.6 Å². The zero-order valence-electron chi connectivity index (χ0n) is 19.4. The molecule has 1 aromatic heterocycles. The summed E-state index contributed by atoms with van der Waals surface area (Å²) < 4.78 is 5.19. The Morgan fingerprint density at radius 2 is 1.88 bits per heavy atom. The number of nitrogens with two attached hydrogens (primary N) is 2. The van der Waals surface area contributed by atoms with E-state index in [4.69, 9.17) is 15.9 Å². The average Bonchev–Trinajstić information content (AvgIpc) is 3.04. The molecule has 176 valence electrons. The van der Waals surface area contributed by atoms with E-state index in [0.717, 1.165) is 63.4 Å². The molecular weight excluding hydrogens is 404 g/mol. The maximum Gasteiger partial charge on any atom is 0.335 e. The van der Waals surface area contributed by atoms with Crippen molar-refractivity contribution < 1.29 is 14.3 Å². The van der Waals surface area contributed by atoms with E-state index in [0.29, 0.717) is 17.8 Å². The first kappa shape index (κ1) is 22.1. The summed E-state index contributed by atoms with van der Waals surface area (Å²) in [6, 6.07) is 2.85. The Balaban J connectivity index is 1.41.